The third-order valence-corrected chi connectivity index (χ3v) is 3.67. The highest BCUT2D eigenvalue weighted by Gasteiger charge is 2.08. The Balaban J connectivity index is 1.89. The van der Waals surface area contributed by atoms with Crippen molar-refractivity contribution in [3.05, 3.63) is 76.5 Å². The lowest BCUT2D eigenvalue weighted by Crippen LogP contribution is -2.25. The molecule has 6 heteroatoms. The van der Waals surface area contributed by atoms with Crippen molar-refractivity contribution < 1.29 is 9.53 Å². The van der Waals surface area contributed by atoms with Crippen LogP contribution < -0.4 is 15.4 Å². The van der Waals surface area contributed by atoms with Gasteiger partial charge in [-0.1, -0.05) is 35.9 Å². The van der Waals surface area contributed by atoms with Crippen molar-refractivity contribution in [3.8, 4) is 11.8 Å². The monoisotopic (exact) mass is 355 g/mol. The summed E-state index contributed by atoms with van der Waals surface area (Å²) in [5.74, 6) is 0.320. The minimum Gasteiger partial charge on any atom is -0.497 e. The van der Waals surface area contributed by atoms with Crippen LogP contribution in [0.4, 0.5) is 0 Å². The van der Waals surface area contributed by atoms with E-state index in [1.54, 1.807) is 19.2 Å². The van der Waals surface area contributed by atoms with Gasteiger partial charge < -0.3 is 15.4 Å². The summed E-state index contributed by atoms with van der Waals surface area (Å²) in [7, 11) is 1.60. The molecular formula is C19H18ClN3O2. The zero-order valence-corrected chi connectivity index (χ0v) is 14.5. The number of rotatable bonds is 7. The number of benzene rings is 2. The topological polar surface area (TPSA) is 74.1 Å². The number of nitrogens with one attached hydrogen (secondary N) is 2. The molecule has 0 unspecified atom stereocenters. The molecule has 0 aromatic heterocycles. The summed E-state index contributed by atoms with van der Waals surface area (Å²) in [5.41, 5.74) is 1.89. The van der Waals surface area contributed by atoms with Crippen LogP contribution in [0.2, 0.25) is 5.02 Å². The molecule has 1 amide bonds. The van der Waals surface area contributed by atoms with Gasteiger partial charge in [0.25, 0.3) is 5.91 Å². The van der Waals surface area contributed by atoms with Gasteiger partial charge in [0, 0.05) is 24.3 Å². The molecule has 0 aliphatic heterocycles. The molecule has 0 fully saturated rings. The maximum absolute atomic E-state index is 12.1. The number of nitrogens with zero attached hydrogens (tertiary/aromatic N) is 1. The predicted octanol–water partition coefficient (Wildman–Crippen LogP) is 3.16. The van der Waals surface area contributed by atoms with E-state index in [4.69, 9.17) is 21.6 Å². The van der Waals surface area contributed by atoms with Crippen molar-refractivity contribution in [2.45, 2.75) is 13.1 Å². The summed E-state index contributed by atoms with van der Waals surface area (Å²) in [6, 6.07) is 16.6. The lowest BCUT2D eigenvalue weighted by molar-refractivity contribution is -0.117. The minimum atomic E-state index is -0.435. The second-order valence-corrected chi connectivity index (χ2v) is 5.65. The van der Waals surface area contributed by atoms with E-state index in [2.05, 4.69) is 10.6 Å². The Morgan fingerprint density at radius 2 is 1.96 bits per heavy atom. The molecule has 128 valence electrons. The number of carbonyl (C=O) groups is 1. The summed E-state index contributed by atoms with van der Waals surface area (Å²) in [4.78, 5) is 12.1. The Kier molecular flexibility index (Phi) is 6.87. The van der Waals surface area contributed by atoms with Gasteiger partial charge in [0.2, 0.25) is 0 Å². The first-order valence-electron chi connectivity index (χ1n) is 7.61. The van der Waals surface area contributed by atoms with Gasteiger partial charge in [-0.25, -0.2) is 0 Å². The largest absolute Gasteiger partial charge is 0.497 e. The first-order valence-corrected chi connectivity index (χ1v) is 7.99. The molecule has 0 saturated carbocycles. The molecule has 0 spiro atoms. The van der Waals surface area contributed by atoms with Gasteiger partial charge in [0.1, 0.15) is 17.4 Å². The van der Waals surface area contributed by atoms with Crippen molar-refractivity contribution in [1.29, 1.82) is 5.26 Å². The van der Waals surface area contributed by atoms with Crippen LogP contribution in [0.1, 0.15) is 11.1 Å². The summed E-state index contributed by atoms with van der Waals surface area (Å²) in [5, 5.41) is 15.5. The number of halogens is 1. The first-order chi connectivity index (χ1) is 12.1. The quantitative estimate of drug-likeness (QED) is 0.591. The molecule has 0 aliphatic rings. The third kappa shape index (κ3) is 5.87. The number of carbonyl (C=O) groups excluding carboxylic acids is 1. The number of hydrogen-bond donors (Lipinski definition) is 2. The second kappa shape index (κ2) is 9.36. The van der Waals surface area contributed by atoms with Crippen LogP contribution in [0, 0.1) is 11.3 Å². The Bertz CT molecular complexity index is 795. The molecule has 0 saturated heterocycles. The van der Waals surface area contributed by atoms with Crippen LogP contribution >= 0.6 is 11.6 Å². The Labute approximate surface area is 151 Å². The molecule has 5 nitrogen and oxygen atoms in total. The number of nitriles is 1. The van der Waals surface area contributed by atoms with Crippen molar-refractivity contribution in [2.75, 3.05) is 7.11 Å². The zero-order chi connectivity index (χ0) is 18.1. The zero-order valence-electron chi connectivity index (χ0n) is 13.8. The fraction of sp³-hybridized carbons (Fsp3) is 0.158. The molecule has 25 heavy (non-hydrogen) atoms. The van der Waals surface area contributed by atoms with Crippen LogP contribution in [0.15, 0.2) is 60.3 Å². The standard InChI is InChI=1S/C19H18ClN3O2/c1-25-18-4-2-3-15(9-18)11-22-13-16(10-21)19(24)23-12-14-5-7-17(20)8-6-14/h2-9,13,22H,11-12H2,1H3,(H,23,24)/b16-13-. The number of methoxy groups -OCH3 is 1. The average molecular weight is 356 g/mol. The van der Waals surface area contributed by atoms with Gasteiger partial charge >= 0.3 is 0 Å². The SMILES string of the molecule is COc1cccc(CN/C=C(/C#N)C(=O)NCc2ccc(Cl)cc2)c1. The molecule has 0 aliphatic carbocycles. The molecule has 2 aromatic carbocycles. The first kappa shape index (κ1) is 18.4. The number of amides is 1. The normalized spacial score (nSPS) is 10.7. The van der Waals surface area contributed by atoms with Gasteiger partial charge in [-0.05, 0) is 35.4 Å². The molecule has 0 heterocycles. The Hall–Kier alpha value is -2.97. The molecule has 0 atom stereocenters. The highest BCUT2D eigenvalue weighted by atomic mass is 35.5. The fourth-order valence-electron chi connectivity index (χ4n) is 2.08. The van der Waals surface area contributed by atoms with Gasteiger partial charge in [0.05, 0.1) is 7.11 Å². The van der Waals surface area contributed by atoms with E-state index in [1.165, 1.54) is 6.20 Å². The van der Waals surface area contributed by atoms with Crippen molar-refractivity contribution >= 4 is 17.5 Å². The average Bonchev–Trinajstić information content (AvgIpc) is 2.64. The Morgan fingerprint density at radius 1 is 1.20 bits per heavy atom. The third-order valence-electron chi connectivity index (χ3n) is 3.42. The van der Waals surface area contributed by atoms with E-state index in [0.29, 0.717) is 18.1 Å². The second-order valence-electron chi connectivity index (χ2n) is 5.21. The van der Waals surface area contributed by atoms with E-state index in [9.17, 15) is 4.79 Å². The van der Waals surface area contributed by atoms with E-state index >= 15 is 0 Å². The highest BCUT2D eigenvalue weighted by molar-refractivity contribution is 6.30. The summed E-state index contributed by atoms with van der Waals surface area (Å²) >= 11 is 5.82. The lowest BCUT2D eigenvalue weighted by atomic mass is 10.2. The maximum Gasteiger partial charge on any atom is 0.263 e. The van der Waals surface area contributed by atoms with E-state index < -0.39 is 5.91 Å². The van der Waals surface area contributed by atoms with E-state index in [1.807, 2.05) is 42.5 Å². The summed E-state index contributed by atoms with van der Waals surface area (Å²) < 4.78 is 5.16. The number of hydrogen-bond acceptors (Lipinski definition) is 4. The Morgan fingerprint density at radius 3 is 2.64 bits per heavy atom. The summed E-state index contributed by atoms with van der Waals surface area (Å²) in [6.45, 7) is 0.803. The van der Waals surface area contributed by atoms with Crippen molar-refractivity contribution in [2.24, 2.45) is 0 Å². The van der Waals surface area contributed by atoms with Gasteiger partial charge in [-0.3, -0.25) is 4.79 Å². The fourth-order valence-corrected chi connectivity index (χ4v) is 2.21. The van der Waals surface area contributed by atoms with Gasteiger partial charge in [-0.15, -0.1) is 0 Å². The van der Waals surface area contributed by atoms with E-state index in [-0.39, 0.29) is 5.57 Å². The lowest BCUT2D eigenvalue weighted by Gasteiger charge is -2.06. The number of ether oxygens (including phenoxy) is 1. The smallest absolute Gasteiger partial charge is 0.263 e. The molecule has 2 rings (SSSR count). The summed E-state index contributed by atoms with van der Waals surface area (Å²) in [6.07, 6.45) is 1.41. The predicted molar refractivity (Wildman–Crippen MR) is 96.8 cm³/mol. The van der Waals surface area contributed by atoms with E-state index in [0.717, 1.165) is 16.9 Å². The van der Waals surface area contributed by atoms with Crippen LogP contribution in [0.3, 0.4) is 0 Å². The molecule has 0 bridgehead atoms. The van der Waals surface area contributed by atoms with Crippen LogP contribution in [-0.2, 0) is 17.9 Å². The molecule has 2 aromatic rings. The van der Waals surface area contributed by atoms with Crippen LogP contribution in [-0.4, -0.2) is 13.0 Å². The molecule has 0 radical (unpaired) electrons. The van der Waals surface area contributed by atoms with Gasteiger partial charge in [-0.2, -0.15) is 5.26 Å². The van der Waals surface area contributed by atoms with Crippen molar-refractivity contribution in [1.82, 2.24) is 10.6 Å². The highest BCUT2D eigenvalue weighted by Crippen LogP contribution is 2.12. The van der Waals surface area contributed by atoms with Crippen LogP contribution in [0.25, 0.3) is 0 Å². The van der Waals surface area contributed by atoms with Crippen LogP contribution in [0.5, 0.6) is 5.75 Å². The minimum absolute atomic E-state index is 0.0110. The maximum atomic E-state index is 12.1. The van der Waals surface area contributed by atoms with Gasteiger partial charge in [0.15, 0.2) is 0 Å². The molecule has 2 N–H and O–H groups in total. The molecular weight excluding hydrogens is 338 g/mol. The van der Waals surface area contributed by atoms with Crippen molar-refractivity contribution in [3.63, 3.8) is 0 Å².